The average molecular weight is 98.2 g/mol. The van der Waals surface area contributed by atoms with E-state index in [-0.39, 0.29) is 0 Å². The fraction of sp³-hybridized carbons (Fsp3) is 0.833. The third kappa shape index (κ3) is 1.02. The Labute approximate surface area is 44.7 Å². The van der Waals surface area contributed by atoms with Crippen LogP contribution in [0.1, 0.15) is 13.3 Å². The molecule has 0 bridgehead atoms. The Morgan fingerprint density at radius 2 is 2.43 bits per heavy atom. The van der Waals surface area contributed by atoms with Crippen molar-refractivity contribution in [2.75, 3.05) is 13.1 Å². The van der Waals surface area contributed by atoms with E-state index in [1.54, 1.807) is 0 Å². The highest BCUT2D eigenvalue weighted by molar-refractivity contribution is 5.14. The van der Waals surface area contributed by atoms with Gasteiger partial charge in [-0.05, 0) is 0 Å². The van der Waals surface area contributed by atoms with Gasteiger partial charge in [0.1, 0.15) is 19.8 Å². The maximum absolute atomic E-state index is 3.82. The van der Waals surface area contributed by atoms with Crippen LogP contribution in [0.25, 0.3) is 0 Å². The molecular weight excluding hydrogens is 86.1 g/mol. The molecule has 1 aliphatic rings. The van der Waals surface area contributed by atoms with Crippen molar-refractivity contribution in [2.45, 2.75) is 13.3 Å². The summed E-state index contributed by atoms with van der Waals surface area (Å²) in [5.41, 5.74) is 0. The van der Waals surface area contributed by atoms with E-state index in [2.05, 4.69) is 18.2 Å². The van der Waals surface area contributed by atoms with Gasteiger partial charge in [-0.1, -0.05) is 6.92 Å². The van der Waals surface area contributed by atoms with Crippen molar-refractivity contribution in [1.82, 2.24) is 0 Å². The van der Waals surface area contributed by atoms with Gasteiger partial charge >= 0.3 is 0 Å². The molecule has 1 heterocycles. The minimum absolute atomic E-state index is 0.887. The average Bonchev–Trinajstić information content (AvgIpc) is 1.87. The summed E-state index contributed by atoms with van der Waals surface area (Å²) >= 11 is 0. The van der Waals surface area contributed by atoms with Gasteiger partial charge in [0, 0.05) is 12.3 Å². The van der Waals surface area contributed by atoms with Gasteiger partial charge in [0.25, 0.3) is 0 Å². The molecule has 0 radical (unpaired) electrons. The smallest absolute Gasteiger partial charge is 0.145 e. The minimum atomic E-state index is 0.887. The normalized spacial score (nSPS) is 31.6. The fourth-order valence-electron chi connectivity index (χ4n) is 1.03. The van der Waals surface area contributed by atoms with Crippen LogP contribution < -0.4 is 0 Å². The second kappa shape index (κ2) is 1.65. The maximum Gasteiger partial charge on any atom is 0.145 e. The van der Waals surface area contributed by atoms with Crippen LogP contribution in [0.4, 0.5) is 0 Å². The topological polar surface area (TPSA) is 3.01 Å². The van der Waals surface area contributed by atoms with E-state index in [0.717, 1.165) is 5.92 Å². The third-order valence-electron chi connectivity index (χ3n) is 1.51. The highest BCUT2D eigenvalue weighted by Gasteiger charge is 2.17. The highest BCUT2D eigenvalue weighted by Crippen LogP contribution is 2.08. The summed E-state index contributed by atoms with van der Waals surface area (Å²) in [5, 5.41) is 0. The zero-order chi connectivity index (χ0) is 5.28. The van der Waals surface area contributed by atoms with Crippen molar-refractivity contribution in [1.29, 1.82) is 0 Å². The quantitative estimate of drug-likeness (QED) is 0.393. The van der Waals surface area contributed by atoms with Gasteiger partial charge in [-0.25, -0.2) is 4.58 Å². The molecule has 0 aromatic heterocycles. The molecule has 1 atom stereocenters. The van der Waals surface area contributed by atoms with Crippen LogP contribution in [0, 0.1) is 5.92 Å². The highest BCUT2D eigenvalue weighted by atomic mass is 15.0. The van der Waals surface area contributed by atoms with E-state index in [4.69, 9.17) is 0 Å². The van der Waals surface area contributed by atoms with Crippen molar-refractivity contribution < 1.29 is 4.58 Å². The van der Waals surface area contributed by atoms with Crippen LogP contribution in [0.3, 0.4) is 0 Å². The molecular formula is C6H12N+. The molecule has 0 aromatic rings. The lowest BCUT2D eigenvalue weighted by molar-refractivity contribution is -0.499. The Kier molecular flexibility index (Phi) is 1.13. The predicted molar refractivity (Wildman–Crippen MR) is 30.9 cm³/mol. The number of nitrogens with zero attached hydrogens (tertiary/aromatic N) is 1. The van der Waals surface area contributed by atoms with Gasteiger partial charge < -0.3 is 0 Å². The molecule has 0 amide bonds. The lowest BCUT2D eigenvalue weighted by atomic mass is 10.2. The molecule has 1 aliphatic heterocycles. The Bertz CT molecular complexity index is 86.2. The molecule has 0 spiro atoms. The second-order valence-electron chi connectivity index (χ2n) is 2.47. The molecule has 1 saturated heterocycles. The van der Waals surface area contributed by atoms with E-state index >= 15 is 0 Å². The Balaban J connectivity index is 2.40. The zero-order valence-electron chi connectivity index (χ0n) is 4.85. The van der Waals surface area contributed by atoms with E-state index < -0.39 is 0 Å². The third-order valence-corrected chi connectivity index (χ3v) is 1.51. The standard InChI is InChI=1S/C6H12N/c1-6-3-4-7(2)5-6/h6H,2-5H2,1H3/q+1. The molecule has 1 rings (SSSR count). The summed E-state index contributed by atoms with van der Waals surface area (Å²) < 4.78 is 2.13. The SMILES string of the molecule is C=[N+]1CCC(C)C1. The summed E-state index contributed by atoms with van der Waals surface area (Å²) in [6.45, 7) is 8.48. The van der Waals surface area contributed by atoms with Gasteiger partial charge in [0.05, 0.1) is 0 Å². The Hall–Kier alpha value is -0.330. The molecule has 1 fully saturated rings. The van der Waals surface area contributed by atoms with Crippen LogP contribution in [0.5, 0.6) is 0 Å². The van der Waals surface area contributed by atoms with E-state index in [1.807, 2.05) is 0 Å². The first-order chi connectivity index (χ1) is 3.29. The first kappa shape index (κ1) is 4.82. The van der Waals surface area contributed by atoms with Crippen LogP contribution in [0.15, 0.2) is 0 Å². The molecule has 0 aliphatic carbocycles. The van der Waals surface area contributed by atoms with E-state index in [0.29, 0.717) is 0 Å². The van der Waals surface area contributed by atoms with Gasteiger partial charge in [-0.2, -0.15) is 0 Å². The van der Waals surface area contributed by atoms with Crippen molar-refractivity contribution >= 4 is 6.72 Å². The molecule has 0 aromatic carbocycles. The molecule has 0 saturated carbocycles. The zero-order valence-corrected chi connectivity index (χ0v) is 4.85. The first-order valence-corrected chi connectivity index (χ1v) is 2.84. The largest absolute Gasteiger partial charge is 0.242 e. The Morgan fingerprint density at radius 3 is 2.57 bits per heavy atom. The fourth-order valence-corrected chi connectivity index (χ4v) is 1.03. The summed E-state index contributed by atoms with van der Waals surface area (Å²) in [6.07, 6.45) is 1.34. The van der Waals surface area contributed by atoms with Crippen molar-refractivity contribution in [3.63, 3.8) is 0 Å². The molecule has 7 heavy (non-hydrogen) atoms. The first-order valence-electron chi connectivity index (χ1n) is 2.84. The van der Waals surface area contributed by atoms with Gasteiger partial charge in [0.2, 0.25) is 0 Å². The van der Waals surface area contributed by atoms with E-state index in [1.165, 1.54) is 19.5 Å². The Morgan fingerprint density at radius 1 is 1.71 bits per heavy atom. The maximum atomic E-state index is 3.82. The summed E-state index contributed by atoms with van der Waals surface area (Å²) in [7, 11) is 0. The second-order valence-corrected chi connectivity index (χ2v) is 2.47. The van der Waals surface area contributed by atoms with Crippen molar-refractivity contribution in [3.8, 4) is 0 Å². The van der Waals surface area contributed by atoms with Gasteiger partial charge in [-0.15, -0.1) is 0 Å². The lowest BCUT2D eigenvalue weighted by Crippen LogP contribution is -2.02. The van der Waals surface area contributed by atoms with Crippen LogP contribution in [-0.2, 0) is 0 Å². The molecule has 0 N–H and O–H groups in total. The van der Waals surface area contributed by atoms with Crippen molar-refractivity contribution in [2.24, 2.45) is 5.92 Å². The van der Waals surface area contributed by atoms with Crippen LogP contribution in [-0.4, -0.2) is 24.4 Å². The molecule has 1 nitrogen and oxygen atoms in total. The minimum Gasteiger partial charge on any atom is -0.242 e. The van der Waals surface area contributed by atoms with Gasteiger partial charge in [-0.3, -0.25) is 0 Å². The summed E-state index contributed by atoms with van der Waals surface area (Å²) in [5.74, 6) is 0.887. The molecule has 1 heteroatoms. The van der Waals surface area contributed by atoms with E-state index in [9.17, 15) is 0 Å². The van der Waals surface area contributed by atoms with Gasteiger partial charge in [0.15, 0.2) is 0 Å². The van der Waals surface area contributed by atoms with Crippen LogP contribution in [0.2, 0.25) is 0 Å². The molecule has 40 valence electrons. The number of hydrogen-bond acceptors (Lipinski definition) is 0. The summed E-state index contributed by atoms with van der Waals surface area (Å²) in [4.78, 5) is 0. The number of hydrogen-bond donors (Lipinski definition) is 0. The van der Waals surface area contributed by atoms with Crippen molar-refractivity contribution in [3.05, 3.63) is 0 Å². The molecule has 1 unspecified atom stereocenters. The summed E-state index contributed by atoms with van der Waals surface area (Å²) in [6, 6.07) is 0. The monoisotopic (exact) mass is 98.1 g/mol. The lowest BCUT2D eigenvalue weighted by Gasteiger charge is -1.86. The predicted octanol–water partition coefficient (Wildman–Crippen LogP) is 0.739. The van der Waals surface area contributed by atoms with Crippen LogP contribution >= 0.6 is 0 Å². The number of rotatable bonds is 0.